The zero-order chi connectivity index (χ0) is 15.2. The standard InChI is InChI=1S/C16H24BrNO3/c1-4-6-18-10-11-5-7-21-16(11)12-8-14(19-2)15(20-3)9-13(12)17/h8-9,11,16,18H,4-7,10H2,1-3H3. The van der Waals surface area contributed by atoms with Gasteiger partial charge in [0.15, 0.2) is 11.5 Å². The Morgan fingerprint density at radius 3 is 2.67 bits per heavy atom. The molecule has 118 valence electrons. The van der Waals surface area contributed by atoms with E-state index < -0.39 is 0 Å². The molecule has 0 spiro atoms. The molecule has 2 rings (SSSR count). The van der Waals surface area contributed by atoms with Crippen LogP contribution in [0.1, 0.15) is 31.4 Å². The quantitative estimate of drug-likeness (QED) is 0.757. The number of ether oxygens (including phenoxy) is 3. The molecule has 1 aromatic rings. The van der Waals surface area contributed by atoms with Crippen molar-refractivity contribution in [3.63, 3.8) is 0 Å². The molecule has 1 aromatic carbocycles. The van der Waals surface area contributed by atoms with Gasteiger partial charge in [-0.3, -0.25) is 0 Å². The van der Waals surface area contributed by atoms with Crippen LogP contribution >= 0.6 is 15.9 Å². The fourth-order valence-electron chi connectivity index (χ4n) is 2.74. The van der Waals surface area contributed by atoms with E-state index in [1.165, 1.54) is 0 Å². The van der Waals surface area contributed by atoms with E-state index in [-0.39, 0.29) is 6.10 Å². The van der Waals surface area contributed by atoms with Crippen LogP contribution < -0.4 is 14.8 Å². The molecule has 4 nitrogen and oxygen atoms in total. The second-order valence-corrected chi connectivity index (χ2v) is 6.13. The van der Waals surface area contributed by atoms with Crippen molar-refractivity contribution in [2.24, 2.45) is 5.92 Å². The molecule has 1 fully saturated rings. The molecule has 0 radical (unpaired) electrons. The minimum Gasteiger partial charge on any atom is -0.493 e. The van der Waals surface area contributed by atoms with Crippen LogP contribution in [-0.2, 0) is 4.74 Å². The van der Waals surface area contributed by atoms with Crippen molar-refractivity contribution in [2.75, 3.05) is 33.9 Å². The van der Waals surface area contributed by atoms with E-state index in [0.29, 0.717) is 5.92 Å². The Morgan fingerprint density at radius 1 is 1.29 bits per heavy atom. The molecule has 0 saturated carbocycles. The Balaban J connectivity index is 2.19. The van der Waals surface area contributed by atoms with E-state index in [4.69, 9.17) is 14.2 Å². The van der Waals surface area contributed by atoms with Crippen molar-refractivity contribution in [3.8, 4) is 11.5 Å². The Hall–Kier alpha value is -0.780. The fourth-order valence-corrected chi connectivity index (χ4v) is 3.29. The van der Waals surface area contributed by atoms with Crippen LogP contribution in [-0.4, -0.2) is 33.9 Å². The molecule has 5 heteroatoms. The topological polar surface area (TPSA) is 39.7 Å². The highest BCUT2D eigenvalue weighted by Gasteiger charge is 2.31. The minimum absolute atomic E-state index is 0.100. The van der Waals surface area contributed by atoms with E-state index in [0.717, 1.165) is 54.1 Å². The van der Waals surface area contributed by atoms with E-state index in [9.17, 15) is 0 Å². The molecule has 0 bridgehead atoms. The largest absolute Gasteiger partial charge is 0.493 e. The van der Waals surface area contributed by atoms with Crippen molar-refractivity contribution in [1.82, 2.24) is 5.32 Å². The lowest BCUT2D eigenvalue weighted by molar-refractivity contribution is 0.0897. The number of methoxy groups -OCH3 is 2. The lowest BCUT2D eigenvalue weighted by atomic mass is 9.95. The molecule has 2 unspecified atom stereocenters. The number of hydrogen-bond donors (Lipinski definition) is 1. The third-order valence-electron chi connectivity index (χ3n) is 3.86. The second-order valence-electron chi connectivity index (χ2n) is 5.27. The first kappa shape index (κ1) is 16.6. The van der Waals surface area contributed by atoms with Crippen molar-refractivity contribution >= 4 is 15.9 Å². The highest BCUT2D eigenvalue weighted by molar-refractivity contribution is 9.10. The summed E-state index contributed by atoms with van der Waals surface area (Å²) in [6.07, 6.45) is 2.34. The number of halogens is 1. The van der Waals surface area contributed by atoms with Crippen LogP contribution in [0.4, 0.5) is 0 Å². The van der Waals surface area contributed by atoms with Crippen LogP contribution in [0.25, 0.3) is 0 Å². The van der Waals surface area contributed by atoms with E-state index in [2.05, 4.69) is 28.2 Å². The molecular formula is C16H24BrNO3. The molecule has 2 atom stereocenters. The molecule has 1 heterocycles. The van der Waals surface area contributed by atoms with Crippen molar-refractivity contribution in [3.05, 3.63) is 22.2 Å². The minimum atomic E-state index is 0.100. The average molecular weight is 358 g/mol. The van der Waals surface area contributed by atoms with Gasteiger partial charge < -0.3 is 19.5 Å². The third-order valence-corrected chi connectivity index (χ3v) is 4.54. The molecule has 0 aromatic heterocycles. The molecule has 1 saturated heterocycles. The van der Waals surface area contributed by atoms with Crippen LogP contribution in [0.15, 0.2) is 16.6 Å². The normalized spacial score (nSPS) is 21.5. The number of hydrogen-bond acceptors (Lipinski definition) is 4. The zero-order valence-corrected chi connectivity index (χ0v) is 14.5. The molecule has 1 aliphatic rings. The molecule has 0 amide bonds. The van der Waals surface area contributed by atoms with Gasteiger partial charge in [-0.25, -0.2) is 0 Å². The first-order valence-corrected chi connectivity index (χ1v) is 8.24. The maximum atomic E-state index is 5.97. The number of nitrogens with one attached hydrogen (secondary N) is 1. The number of rotatable bonds is 7. The molecule has 1 aliphatic heterocycles. The maximum absolute atomic E-state index is 5.97. The lowest BCUT2D eigenvalue weighted by Gasteiger charge is -2.22. The van der Waals surface area contributed by atoms with Gasteiger partial charge in [-0.2, -0.15) is 0 Å². The van der Waals surface area contributed by atoms with Gasteiger partial charge in [0.1, 0.15) is 0 Å². The van der Waals surface area contributed by atoms with Gasteiger partial charge in [0.25, 0.3) is 0 Å². The molecular weight excluding hydrogens is 334 g/mol. The maximum Gasteiger partial charge on any atom is 0.161 e. The van der Waals surface area contributed by atoms with Gasteiger partial charge in [0, 0.05) is 23.5 Å². The highest BCUT2D eigenvalue weighted by Crippen LogP contribution is 2.42. The van der Waals surface area contributed by atoms with E-state index in [1.807, 2.05) is 12.1 Å². The summed E-state index contributed by atoms with van der Waals surface area (Å²) in [4.78, 5) is 0. The predicted octanol–water partition coefficient (Wildman–Crippen LogP) is 3.54. The highest BCUT2D eigenvalue weighted by atomic mass is 79.9. The average Bonchev–Trinajstić information content (AvgIpc) is 2.95. The monoisotopic (exact) mass is 357 g/mol. The second kappa shape index (κ2) is 8.01. The van der Waals surface area contributed by atoms with Gasteiger partial charge in [-0.15, -0.1) is 0 Å². The van der Waals surface area contributed by atoms with Gasteiger partial charge in [0.2, 0.25) is 0 Å². The Kier molecular flexibility index (Phi) is 6.33. The van der Waals surface area contributed by atoms with Crippen LogP contribution in [0.2, 0.25) is 0 Å². The summed E-state index contributed by atoms with van der Waals surface area (Å²) in [6.45, 7) is 5.03. The van der Waals surface area contributed by atoms with Gasteiger partial charge >= 0.3 is 0 Å². The van der Waals surface area contributed by atoms with Gasteiger partial charge in [0.05, 0.1) is 20.3 Å². The lowest BCUT2D eigenvalue weighted by Crippen LogP contribution is -2.25. The predicted molar refractivity (Wildman–Crippen MR) is 87.2 cm³/mol. The van der Waals surface area contributed by atoms with E-state index in [1.54, 1.807) is 14.2 Å². The molecule has 1 N–H and O–H groups in total. The summed E-state index contributed by atoms with van der Waals surface area (Å²) in [5, 5.41) is 3.50. The Labute approximate surface area is 135 Å². The van der Waals surface area contributed by atoms with Crippen molar-refractivity contribution in [1.29, 1.82) is 0 Å². The van der Waals surface area contributed by atoms with E-state index >= 15 is 0 Å². The van der Waals surface area contributed by atoms with Crippen LogP contribution in [0.5, 0.6) is 11.5 Å². The van der Waals surface area contributed by atoms with Crippen molar-refractivity contribution < 1.29 is 14.2 Å². The Bertz CT molecular complexity index is 467. The third kappa shape index (κ3) is 3.90. The summed E-state index contributed by atoms with van der Waals surface area (Å²) in [5.74, 6) is 1.96. The molecule has 0 aliphatic carbocycles. The van der Waals surface area contributed by atoms with Crippen LogP contribution in [0.3, 0.4) is 0 Å². The smallest absolute Gasteiger partial charge is 0.161 e. The van der Waals surface area contributed by atoms with Gasteiger partial charge in [-0.1, -0.05) is 22.9 Å². The first-order chi connectivity index (χ1) is 10.2. The number of benzene rings is 1. The fraction of sp³-hybridized carbons (Fsp3) is 0.625. The summed E-state index contributed by atoms with van der Waals surface area (Å²) in [7, 11) is 3.30. The summed E-state index contributed by atoms with van der Waals surface area (Å²) in [5.41, 5.74) is 1.13. The molecule has 21 heavy (non-hydrogen) atoms. The Morgan fingerprint density at radius 2 is 2.00 bits per heavy atom. The zero-order valence-electron chi connectivity index (χ0n) is 12.9. The SMILES string of the molecule is CCCNCC1CCOC1c1cc(OC)c(OC)cc1Br. The van der Waals surface area contributed by atoms with Gasteiger partial charge in [-0.05, 0) is 37.1 Å². The summed E-state index contributed by atoms with van der Waals surface area (Å²) < 4.78 is 17.7. The summed E-state index contributed by atoms with van der Waals surface area (Å²) >= 11 is 3.63. The van der Waals surface area contributed by atoms with Crippen molar-refractivity contribution in [2.45, 2.75) is 25.9 Å². The first-order valence-electron chi connectivity index (χ1n) is 7.45. The van der Waals surface area contributed by atoms with Crippen LogP contribution in [0, 0.1) is 5.92 Å². The summed E-state index contributed by atoms with van der Waals surface area (Å²) in [6, 6.07) is 3.97.